The number of nitrogens with zero attached hydrogens (tertiary/aromatic N) is 4. The third-order valence-electron chi connectivity index (χ3n) is 3.75. The number of nitrogens with two attached hydrogens (primary N) is 1. The summed E-state index contributed by atoms with van der Waals surface area (Å²) in [6.45, 7) is 6.87. The number of aromatic nitrogens is 2. The Bertz CT molecular complexity index is 683. The van der Waals surface area contributed by atoms with Crippen molar-refractivity contribution in [3.8, 4) is 0 Å². The maximum Gasteiger partial charge on any atom is 0.223 e. The molecule has 0 bridgehead atoms. The molecule has 0 unspecified atom stereocenters. The van der Waals surface area contributed by atoms with E-state index in [1.165, 1.54) is 4.88 Å². The molecule has 6 nitrogen and oxygen atoms in total. The third-order valence-corrected chi connectivity index (χ3v) is 4.70. The van der Waals surface area contributed by atoms with Gasteiger partial charge in [-0.25, -0.2) is 4.98 Å². The van der Waals surface area contributed by atoms with E-state index in [1.54, 1.807) is 18.3 Å². The van der Waals surface area contributed by atoms with Crippen LogP contribution in [0.1, 0.15) is 18.2 Å². The molecule has 3 heterocycles. The lowest BCUT2D eigenvalue weighted by atomic mass is 10.3. The molecule has 0 radical (unpaired) electrons. The molecule has 0 atom stereocenters. The molecule has 0 aromatic carbocycles. The standard InChI is InChI=1S/C14H19N5OS/c1-9-8-11-12(16-14(15)17-13(11)21-9)19-5-3-4-18(6-7-19)10(2)20/h8H,3-7H2,1-2H3,(H2,15,16,17). The van der Waals surface area contributed by atoms with Crippen LogP contribution in [0.3, 0.4) is 0 Å². The van der Waals surface area contributed by atoms with Crippen LogP contribution in [-0.2, 0) is 4.79 Å². The van der Waals surface area contributed by atoms with Crippen LogP contribution in [0.2, 0.25) is 0 Å². The summed E-state index contributed by atoms with van der Waals surface area (Å²) < 4.78 is 0. The zero-order valence-electron chi connectivity index (χ0n) is 12.3. The fourth-order valence-electron chi connectivity index (χ4n) is 2.73. The summed E-state index contributed by atoms with van der Waals surface area (Å²) in [5, 5.41) is 1.06. The number of thiophene rings is 1. The molecule has 0 aliphatic carbocycles. The van der Waals surface area contributed by atoms with Crippen molar-refractivity contribution >= 4 is 39.2 Å². The number of carbonyl (C=O) groups excluding carboxylic acids is 1. The zero-order chi connectivity index (χ0) is 15.0. The van der Waals surface area contributed by atoms with Crippen LogP contribution in [0, 0.1) is 6.92 Å². The van der Waals surface area contributed by atoms with Gasteiger partial charge in [-0.1, -0.05) is 0 Å². The van der Waals surface area contributed by atoms with E-state index in [1.807, 2.05) is 4.90 Å². The molecule has 1 amide bonds. The lowest BCUT2D eigenvalue weighted by Gasteiger charge is -2.23. The van der Waals surface area contributed by atoms with Gasteiger partial charge in [-0.05, 0) is 19.4 Å². The van der Waals surface area contributed by atoms with E-state index in [9.17, 15) is 4.79 Å². The van der Waals surface area contributed by atoms with E-state index in [2.05, 4.69) is 27.9 Å². The Morgan fingerprint density at radius 1 is 1.29 bits per heavy atom. The molecule has 1 saturated heterocycles. The van der Waals surface area contributed by atoms with Crippen LogP contribution < -0.4 is 10.6 Å². The van der Waals surface area contributed by atoms with Crippen LogP contribution in [-0.4, -0.2) is 47.0 Å². The predicted molar refractivity (Wildman–Crippen MR) is 85.6 cm³/mol. The second kappa shape index (κ2) is 5.48. The summed E-state index contributed by atoms with van der Waals surface area (Å²) in [6, 6.07) is 2.11. The topological polar surface area (TPSA) is 75.4 Å². The van der Waals surface area contributed by atoms with Gasteiger partial charge in [0, 0.05) is 38.0 Å². The molecule has 2 aromatic heterocycles. The maximum atomic E-state index is 11.5. The molecule has 0 saturated carbocycles. The second-order valence-electron chi connectivity index (χ2n) is 5.33. The number of rotatable bonds is 1. The SMILES string of the molecule is CC(=O)N1CCCN(c2nc(N)nc3sc(C)cc23)CC1. The van der Waals surface area contributed by atoms with Crippen LogP contribution in [0.25, 0.3) is 10.2 Å². The van der Waals surface area contributed by atoms with Gasteiger partial charge in [-0.3, -0.25) is 4.79 Å². The summed E-state index contributed by atoms with van der Waals surface area (Å²) in [5.41, 5.74) is 5.85. The number of carbonyl (C=O) groups is 1. The Balaban J connectivity index is 1.94. The second-order valence-corrected chi connectivity index (χ2v) is 6.56. The zero-order valence-corrected chi connectivity index (χ0v) is 13.1. The van der Waals surface area contributed by atoms with Gasteiger partial charge in [0.15, 0.2) is 0 Å². The minimum absolute atomic E-state index is 0.135. The lowest BCUT2D eigenvalue weighted by molar-refractivity contribution is -0.128. The highest BCUT2D eigenvalue weighted by Crippen LogP contribution is 2.31. The monoisotopic (exact) mass is 305 g/mol. The fraction of sp³-hybridized carbons (Fsp3) is 0.500. The predicted octanol–water partition coefficient (Wildman–Crippen LogP) is 1.64. The molecule has 21 heavy (non-hydrogen) atoms. The highest BCUT2D eigenvalue weighted by atomic mass is 32.1. The minimum atomic E-state index is 0.135. The van der Waals surface area contributed by atoms with Gasteiger partial charge in [-0.2, -0.15) is 4.98 Å². The summed E-state index contributed by atoms with van der Waals surface area (Å²) >= 11 is 1.63. The molecule has 0 spiro atoms. The minimum Gasteiger partial charge on any atom is -0.368 e. The number of amides is 1. The average Bonchev–Trinajstić information content (AvgIpc) is 2.65. The van der Waals surface area contributed by atoms with Crippen LogP contribution in [0.5, 0.6) is 0 Å². The molecule has 112 valence electrons. The van der Waals surface area contributed by atoms with Crippen molar-refractivity contribution in [2.24, 2.45) is 0 Å². The van der Waals surface area contributed by atoms with Gasteiger partial charge in [0.25, 0.3) is 0 Å². The van der Waals surface area contributed by atoms with Crippen molar-refractivity contribution < 1.29 is 4.79 Å². The van der Waals surface area contributed by atoms with E-state index in [0.717, 1.165) is 48.6 Å². The molecule has 2 N–H and O–H groups in total. The van der Waals surface area contributed by atoms with Gasteiger partial charge >= 0.3 is 0 Å². The van der Waals surface area contributed by atoms with E-state index in [0.29, 0.717) is 5.95 Å². The number of hydrogen-bond acceptors (Lipinski definition) is 6. The summed E-state index contributed by atoms with van der Waals surface area (Å²) in [6.07, 6.45) is 0.939. The van der Waals surface area contributed by atoms with E-state index < -0.39 is 0 Å². The Kier molecular flexibility index (Phi) is 3.67. The largest absolute Gasteiger partial charge is 0.368 e. The number of nitrogen functional groups attached to an aromatic ring is 1. The molecule has 2 aromatic rings. The van der Waals surface area contributed by atoms with Gasteiger partial charge in [0.2, 0.25) is 11.9 Å². The maximum absolute atomic E-state index is 11.5. The number of fused-ring (bicyclic) bond motifs is 1. The average molecular weight is 305 g/mol. The van der Waals surface area contributed by atoms with Gasteiger partial charge in [0.05, 0.1) is 5.39 Å². The highest BCUT2D eigenvalue weighted by Gasteiger charge is 2.20. The highest BCUT2D eigenvalue weighted by molar-refractivity contribution is 7.18. The smallest absolute Gasteiger partial charge is 0.223 e. The van der Waals surface area contributed by atoms with E-state index in [4.69, 9.17) is 5.73 Å². The van der Waals surface area contributed by atoms with E-state index >= 15 is 0 Å². The molecule has 7 heteroatoms. The van der Waals surface area contributed by atoms with Crippen molar-refractivity contribution in [1.29, 1.82) is 0 Å². The van der Waals surface area contributed by atoms with Crippen molar-refractivity contribution in [3.05, 3.63) is 10.9 Å². The molecule has 1 aliphatic rings. The van der Waals surface area contributed by atoms with Crippen molar-refractivity contribution in [1.82, 2.24) is 14.9 Å². The quantitative estimate of drug-likeness (QED) is 0.867. The number of aryl methyl sites for hydroxylation is 1. The lowest BCUT2D eigenvalue weighted by Crippen LogP contribution is -2.34. The van der Waals surface area contributed by atoms with Crippen LogP contribution in [0.15, 0.2) is 6.07 Å². The molecule has 1 aliphatic heterocycles. The van der Waals surface area contributed by atoms with Crippen molar-refractivity contribution in [2.45, 2.75) is 20.3 Å². The first kappa shape index (κ1) is 14.1. The van der Waals surface area contributed by atoms with Crippen molar-refractivity contribution in [3.63, 3.8) is 0 Å². The summed E-state index contributed by atoms with van der Waals surface area (Å²) in [4.78, 5) is 26.5. The molecule has 3 rings (SSSR count). The normalized spacial score (nSPS) is 16.3. The number of anilines is 2. The summed E-state index contributed by atoms with van der Waals surface area (Å²) in [7, 11) is 0. The van der Waals surface area contributed by atoms with Gasteiger partial charge < -0.3 is 15.5 Å². The van der Waals surface area contributed by atoms with Crippen LogP contribution >= 0.6 is 11.3 Å². The van der Waals surface area contributed by atoms with Crippen LogP contribution in [0.4, 0.5) is 11.8 Å². The molecular weight excluding hydrogens is 286 g/mol. The van der Waals surface area contributed by atoms with Crippen molar-refractivity contribution in [2.75, 3.05) is 36.8 Å². The van der Waals surface area contributed by atoms with Gasteiger partial charge in [-0.15, -0.1) is 11.3 Å². The third kappa shape index (κ3) is 2.78. The fourth-order valence-corrected chi connectivity index (χ4v) is 3.61. The molecular formula is C14H19N5OS. The first-order chi connectivity index (χ1) is 10.0. The van der Waals surface area contributed by atoms with E-state index in [-0.39, 0.29) is 5.91 Å². The Morgan fingerprint density at radius 2 is 2.10 bits per heavy atom. The first-order valence-corrected chi connectivity index (χ1v) is 7.90. The Labute approximate surface area is 127 Å². The Hall–Kier alpha value is -1.89. The molecule has 1 fully saturated rings. The Morgan fingerprint density at radius 3 is 2.86 bits per heavy atom. The summed E-state index contributed by atoms with van der Waals surface area (Å²) in [5.74, 6) is 1.34. The first-order valence-electron chi connectivity index (χ1n) is 7.08. The number of hydrogen-bond donors (Lipinski definition) is 1. The van der Waals surface area contributed by atoms with Gasteiger partial charge in [0.1, 0.15) is 10.6 Å².